The summed E-state index contributed by atoms with van der Waals surface area (Å²) in [5, 5.41) is 0. The molecule has 0 aliphatic carbocycles. The Labute approximate surface area is 98.2 Å². The van der Waals surface area contributed by atoms with E-state index in [0.717, 1.165) is 24.4 Å². The van der Waals surface area contributed by atoms with Gasteiger partial charge in [0.25, 0.3) is 0 Å². The normalized spacial score (nSPS) is 9.56. The van der Waals surface area contributed by atoms with Crippen molar-refractivity contribution in [2.45, 2.75) is 19.8 Å². The molecule has 0 saturated carbocycles. The molecule has 0 amide bonds. The second kappa shape index (κ2) is 6.79. The van der Waals surface area contributed by atoms with Crippen LogP contribution in [0.1, 0.15) is 19.8 Å². The summed E-state index contributed by atoms with van der Waals surface area (Å²) in [6, 6.07) is 8.02. The number of unbranched alkanes of at least 4 members (excludes halogenated alkanes) is 1. The number of hydrogen-bond acceptors (Lipinski definition) is 2. The van der Waals surface area contributed by atoms with Gasteiger partial charge in [0.1, 0.15) is 5.75 Å². The molecule has 16 heavy (non-hydrogen) atoms. The van der Waals surface area contributed by atoms with Crippen LogP contribution in [0.4, 0.5) is 5.69 Å². The third kappa shape index (κ3) is 3.51. The van der Waals surface area contributed by atoms with Crippen molar-refractivity contribution in [3.8, 4) is 18.1 Å². The standard InChI is InChI=1S/C14H19NO/c1-4-6-12-15(11-5-2)13-7-9-14(16-3)10-8-13/h2,7-10H,4,6,11-12H2,1,3H3. The molecule has 0 heterocycles. The van der Waals surface area contributed by atoms with Crippen LogP contribution in [-0.2, 0) is 0 Å². The third-order valence-electron chi connectivity index (χ3n) is 2.50. The average molecular weight is 217 g/mol. The predicted molar refractivity (Wildman–Crippen MR) is 68.9 cm³/mol. The van der Waals surface area contributed by atoms with E-state index in [-0.39, 0.29) is 0 Å². The van der Waals surface area contributed by atoms with E-state index >= 15 is 0 Å². The molecule has 1 aromatic carbocycles. The molecule has 2 nitrogen and oxygen atoms in total. The fourth-order valence-corrected chi connectivity index (χ4v) is 1.55. The smallest absolute Gasteiger partial charge is 0.119 e. The molecule has 0 N–H and O–H groups in total. The lowest BCUT2D eigenvalue weighted by Gasteiger charge is -2.22. The van der Waals surface area contributed by atoms with E-state index in [0.29, 0.717) is 6.54 Å². The molecule has 0 atom stereocenters. The van der Waals surface area contributed by atoms with Crippen LogP contribution in [-0.4, -0.2) is 20.2 Å². The highest BCUT2D eigenvalue weighted by Crippen LogP contribution is 2.19. The minimum absolute atomic E-state index is 0.659. The first-order valence-corrected chi connectivity index (χ1v) is 5.64. The van der Waals surface area contributed by atoms with Crippen molar-refractivity contribution in [1.82, 2.24) is 0 Å². The zero-order valence-corrected chi connectivity index (χ0v) is 10.1. The van der Waals surface area contributed by atoms with Crippen LogP contribution in [0.5, 0.6) is 5.75 Å². The summed E-state index contributed by atoms with van der Waals surface area (Å²) in [5.74, 6) is 3.57. The Hall–Kier alpha value is -1.62. The summed E-state index contributed by atoms with van der Waals surface area (Å²) in [4.78, 5) is 2.21. The summed E-state index contributed by atoms with van der Waals surface area (Å²) in [5.41, 5.74) is 1.16. The maximum absolute atomic E-state index is 5.38. The monoisotopic (exact) mass is 217 g/mol. The van der Waals surface area contributed by atoms with Gasteiger partial charge in [-0.25, -0.2) is 0 Å². The van der Waals surface area contributed by atoms with Gasteiger partial charge in [-0.15, -0.1) is 6.42 Å². The predicted octanol–water partition coefficient (Wildman–Crippen LogP) is 2.93. The molecular formula is C14H19NO. The largest absolute Gasteiger partial charge is 0.497 e. The van der Waals surface area contributed by atoms with Gasteiger partial charge in [-0.05, 0) is 30.7 Å². The lowest BCUT2D eigenvalue weighted by atomic mass is 10.2. The van der Waals surface area contributed by atoms with E-state index in [1.54, 1.807) is 7.11 Å². The molecule has 0 saturated heterocycles. The Morgan fingerprint density at radius 3 is 2.50 bits per heavy atom. The lowest BCUT2D eigenvalue weighted by molar-refractivity contribution is 0.415. The average Bonchev–Trinajstić information content (AvgIpc) is 2.35. The molecular weight excluding hydrogens is 198 g/mol. The van der Waals surface area contributed by atoms with Gasteiger partial charge in [0.15, 0.2) is 0 Å². The van der Waals surface area contributed by atoms with Crippen molar-refractivity contribution in [3.63, 3.8) is 0 Å². The number of nitrogens with zero attached hydrogens (tertiary/aromatic N) is 1. The van der Waals surface area contributed by atoms with Crippen LogP contribution in [0.25, 0.3) is 0 Å². The number of benzene rings is 1. The molecule has 1 aromatic rings. The topological polar surface area (TPSA) is 12.5 Å². The molecule has 0 aliphatic heterocycles. The molecule has 0 unspecified atom stereocenters. The molecule has 0 spiro atoms. The molecule has 0 aromatic heterocycles. The number of ether oxygens (including phenoxy) is 1. The van der Waals surface area contributed by atoms with E-state index < -0.39 is 0 Å². The van der Waals surface area contributed by atoms with Crippen LogP contribution in [0.2, 0.25) is 0 Å². The summed E-state index contributed by atoms with van der Waals surface area (Å²) >= 11 is 0. The SMILES string of the molecule is C#CCN(CCCC)c1ccc(OC)cc1. The van der Waals surface area contributed by atoms with Crippen LogP contribution in [0.3, 0.4) is 0 Å². The van der Waals surface area contributed by atoms with Gasteiger partial charge in [-0.1, -0.05) is 19.3 Å². The maximum atomic E-state index is 5.38. The number of rotatable bonds is 6. The minimum Gasteiger partial charge on any atom is -0.497 e. The van der Waals surface area contributed by atoms with Crippen LogP contribution < -0.4 is 9.64 Å². The third-order valence-corrected chi connectivity index (χ3v) is 2.50. The molecule has 0 fully saturated rings. The summed E-state index contributed by atoms with van der Waals surface area (Å²) in [7, 11) is 1.67. The van der Waals surface area contributed by atoms with E-state index in [1.165, 1.54) is 6.42 Å². The van der Waals surface area contributed by atoms with Crippen molar-refractivity contribution < 1.29 is 4.74 Å². The zero-order chi connectivity index (χ0) is 11.8. The minimum atomic E-state index is 0.659. The van der Waals surface area contributed by atoms with Gasteiger partial charge in [0, 0.05) is 12.2 Å². The van der Waals surface area contributed by atoms with Crippen molar-refractivity contribution in [2.24, 2.45) is 0 Å². The first kappa shape index (κ1) is 12.4. The van der Waals surface area contributed by atoms with Crippen molar-refractivity contribution in [2.75, 3.05) is 25.1 Å². The van der Waals surface area contributed by atoms with Gasteiger partial charge in [0.05, 0.1) is 13.7 Å². The van der Waals surface area contributed by atoms with Crippen LogP contribution in [0, 0.1) is 12.3 Å². The Morgan fingerprint density at radius 2 is 2.00 bits per heavy atom. The lowest BCUT2D eigenvalue weighted by Crippen LogP contribution is -2.24. The second-order valence-corrected chi connectivity index (χ2v) is 3.68. The van der Waals surface area contributed by atoms with Gasteiger partial charge in [-0.2, -0.15) is 0 Å². The Bertz CT molecular complexity index is 337. The highest BCUT2D eigenvalue weighted by Gasteiger charge is 2.04. The van der Waals surface area contributed by atoms with Gasteiger partial charge in [0.2, 0.25) is 0 Å². The maximum Gasteiger partial charge on any atom is 0.119 e. The number of anilines is 1. The van der Waals surface area contributed by atoms with Gasteiger partial charge < -0.3 is 9.64 Å². The molecule has 0 bridgehead atoms. The number of hydrogen-bond donors (Lipinski definition) is 0. The van der Waals surface area contributed by atoms with Gasteiger partial charge in [-0.3, -0.25) is 0 Å². The van der Waals surface area contributed by atoms with E-state index in [4.69, 9.17) is 11.2 Å². The molecule has 0 aliphatic rings. The molecule has 0 radical (unpaired) electrons. The summed E-state index contributed by atoms with van der Waals surface area (Å²) in [6.07, 6.45) is 7.72. The molecule has 1 rings (SSSR count). The second-order valence-electron chi connectivity index (χ2n) is 3.68. The first-order valence-electron chi connectivity index (χ1n) is 5.64. The molecule has 86 valence electrons. The van der Waals surface area contributed by atoms with E-state index in [2.05, 4.69) is 17.7 Å². The fraction of sp³-hybridized carbons (Fsp3) is 0.429. The Kier molecular flexibility index (Phi) is 5.28. The van der Waals surface area contributed by atoms with Gasteiger partial charge >= 0.3 is 0 Å². The molecule has 2 heteroatoms. The summed E-state index contributed by atoms with van der Waals surface area (Å²) < 4.78 is 5.13. The van der Waals surface area contributed by atoms with Crippen molar-refractivity contribution in [3.05, 3.63) is 24.3 Å². The van der Waals surface area contributed by atoms with Crippen LogP contribution >= 0.6 is 0 Å². The van der Waals surface area contributed by atoms with E-state index in [9.17, 15) is 0 Å². The Balaban J connectivity index is 2.72. The highest BCUT2D eigenvalue weighted by atomic mass is 16.5. The quantitative estimate of drug-likeness (QED) is 0.679. The van der Waals surface area contributed by atoms with E-state index in [1.807, 2.05) is 24.3 Å². The fourth-order valence-electron chi connectivity index (χ4n) is 1.55. The van der Waals surface area contributed by atoms with Crippen LogP contribution in [0.15, 0.2) is 24.3 Å². The summed E-state index contributed by atoms with van der Waals surface area (Å²) in [6.45, 7) is 3.85. The Morgan fingerprint density at radius 1 is 1.31 bits per heavy atom. The first-order chi connectivity index (χ1) is 7.81. The highest BCUT2D eigenvalue weighted by molar-refractivity contribution is 5.49. The van der Waals surface area contributed by atoms with Crippen molar-refractivity contribution >= 4 is 5.69 Å². The number of terminal acetylenes is 1. The zero-order valence-electron chi connectivity index (χ0n) is 10.1. The number of methoxy groups -OCH3 is 1. The van der Waals surface area contributed by atoms with Crippen molar-refractivity contribution in [1.29, 1.82) is 0 Å².